The number of hydrogen-bond donors (Lipinski definition) is 0. The van der Waals surface area contributed by atoms with Crippen molar-refractivity contribution >= 4 is 11.7 Å². The zero-order chi connectivity index (χ0) is 19.1. The second kappa shape index (κ2) is 6.39. The maximum Gasteiger partial charge on any atom is 0.262 e. The molecule has 0 radical (unpaired) electrons. The number of rotatable bonds is 4. The lowest BCUT2D eigenvalue weighted by Gasteiger charge is -2.11. The van der Waals surface area contributed by atoms with Crippen molar-refractivity contribution in [3.63, 3.8) is 0 Å². The van der Waals surface area contributed by atoms with E-state index in [1.807, 2.05) is 38.4 Å². The van der Waals surface area contributed by atoms with Gasteiger partial charge in [0.15, 0.2) is 11.6 Å². The van der Waals surface area contributed by atoms with E-state index in [1.54, 1.807) is 30.0 Å². The maximum atomic E-state index is 12.8. The zero-order valence-corrected chi connectivity index (χ0v) is 15.6. The summed E-state index contributed by atoms with van der Waals surface area (Å²) in [6.07, 6.45) is 3.50. The van der Waals surface area contributed by atoms with E-state index in [0.29, 0.717) is 29.6 Å². The Bertz CT molecular complexity index is 1040. The Labute approximate surface area is 156 Å². The number of ether oxygens (including phenoxy) is 2. The number of carbonyl (C=O) groups excluding carboxylic acids is 1. The molecule has 0 saturated carbocycles. The Morgan fingerprint density at radius 1 is 1.19 bits per heavy atom. The molecular weight excluding hydrogens is 346 g/mol. The van der Waals surface area contributed by atoms with E-state index in [1.165, 1.54) is 0 Å². The van der Waals surface area contributed by atoms with Gasteiger partial charge in [-0.05, 0) is 24.6 Å². The van der Waals surface area contributed by atoms with Crippen LogP contribution in [0.4, 0.5) is 5.82 Å². The fourth-order valence-corrected chi connectivity index (χ4v) is 3.25. The van der Waals surface area contributed by atoms with Crippen molar-refractivity contribution < 1.29 is 14.3 Å². The van der Waals surface area contributed by atoms with Crippen LogP contribution in [0.1, 0.15) is 21.6 Å². The van der Waals surface area contributed by atoms with E-state index in [4.69, 9.17) is 14.5 Å². The molecule has 0 aliphatic carbocycles. The molecule has 4 heterocycles. The quantitative estimate of drug-likeness (QED) is 0.706. The summed E-state index contributed by atoms with van der Waals surface area (Å²) in [5, 5.41) is 4.33. The lowest BCUT2D eigenvalue weighted by molar-refractivity contribution is 0.0995. The normalized spacial score (nSPS) is 13.0. The number of hydrogen-bond acceptors (Lipinski definition) is 6. The van der Waals surface area contributed by atoms with Gasteiger partial charge in [-0.15, -0.1) is 0 Å². The highest BCUT2D eigenvalue weighted by molar-refractivity contribution is 6.10. The summed E-state index contributed by atoms with van der Waals surface area (Å²) < 4.78 is 12.2. The summed E-state index contributed by atoms with van der Waals surface area (Å²) >= 11 is 0. The van der Waals surface area contributed by atoms with E-state index >= 15 is 0 Å². The molecule has 3 aromatic rings. The first-order chi connectivity index (χ1) is 13.0. The van der Waals surface area contributed by atoms with Crippen LogP contribution in [-0.2, 0) is 13.6 Å². The molecule has 27 heavy (non-hydrogen) atoms. The van der Waals surface area contributed by atoms with Crippen molar-refractivity contribution in [3.8, 4) is 22.9 Å². The van der Waals surface area contributed by atoms with Crippen LogP contribution in [-0.4, -0.2) is 39.9 Å². The van der Waals surface area contributed by atoms with Crippen LogP contribution in [0, 0.1) is 6.92 Å². The summed E-state index contributed by atoms with van der Waals surface area (Å²) in [4.78, 5) is 23.5. The number of pyridine rings is 2. The second-order valence-electron chi connectivity index (χ2n) is 6.32. The maximum absolute atomic E-state index is 12.8. The first-order valence-electron chi connectivity index (χ1n) is 8.42. The predicted molar refractivity (Wildman–Crippen MR) is 99.0 cm³/mol. The molecule has 1 aliphatic heterocycles. The lowest BCUT2D eigenvalue weighted by atomic mass is 10.1. The van der Waals surface area contributed by atoms with Crippen molar-refractivity contribution in [2.24, 2.45) is 7.05 Å². The monoisotopic (exact) mass is 365 g/mol. The van der Waals surface area contributed by atoms with E-state index in [0.717, 1.165) is 22.5 Å². The van der Waals surface area contributed by atoms with Gasteiger partial charge in [0.1, 0.15) is 0 Å². The molecule has 138 valence electrons. The first kappa shape index (κ1) is 17.0. The zero-order valence-electron chi connectivity index (χ0n) is 15.6. The summed E-state index contributed by atoms with van der Waals surface area (Å²) in [6, 6.07) is 5.53. The third kappa shape index (κ3) is 2.79. The van der Waals surface area contributed by atoms with Crippen LogP contribution in [0.25, 0.3) is 11.3 Å². The van der Waals surface area contributed by atoms with Gasteiger partial charge in [-0.25, -0.2) is 4.98 Å². The third-order valence-corrected chi connectivity index (χ3v) is 4.56. The van der Waals surface area contributed by atoms with E-state index in [2.05, 4.69) is 10.1 Å². The Morgan fingerprint density at radius 3 is 2.67 bits per heavy atom. The second-order valence-corrected chi connectivity index (χ2v) is 6.32. The number of carbonyl (C=O) groups is 1. The van der Waals surface area contributed by atoms with Crippen molar-refractivity contribution in [2.75, 3.05) is 19.1 Å². The predicted octanol–water partition coefficient (Wildman–Crippen LogP) is 2.36. The highest BCUT2D eigenvalue weighted by Gasteiger charge is 2.33. The van der Waals surface area contributed by atoms with Crippen LogP contribution in [0.5, 0.6) is 11.6 Å². The highest BCUT2D eigenvalue weighted by atomic mass is 16.5. The number of amides is 1. The fraction of sp³-hybridized carbons (Fsp3) is 0.263. The van der Waals surface area contributed by atoms with Crippen molar-refractivity contribution in [2.45, 2.75) is 13.5 Å². The molecule has 0 saturated heterocycles. The van der Waals surface area contributed by atoms with Gasteiger partial charge >= 0.3 is 0 Å². The van der Waals surface area contributed by atoms with Crippen LogP contribution < -0.4 is 14.4 Å². The number of aryl methyl sites for hydroxylation is 2. The Balaban J connectivity index is 1.74. The minimum atomic E-state index is -0.0781. The molecule has 1 aliphatic rings. The summed E-state index contributed by atoms with van der Waals surface area (Å²) in [5.74, 6) is 1.48. The van der Waals surface area contributed by atoms with Gasteiger partial charge in [0.2, 0.25) is 0 Å². The van der Waals surface area contributed by atoms with Gasteiger partial charge < -0.3 is 9.47 Å². The molecule has 3 aromatic heterocycles. The molecule has 0 unspecified atom stereocenters. The summed E-state index contributed by atoms with van der Waals surface area (Å²) in [6.45, 7) is 2.30. The summed E-state index contributed by atoms with van der Waals surface area (Å²) in [7, 11) is 4.93. The molecule has 1 amide bonds. The van der Waals surface area contributed by atoms with Gasteiger partial charge in [0, 0.05) is 31.1 Å². The molecule has 4 rings (SSSR count). The van der Waals surface area contributed by atoms with Gasteiger partial charge in [-0.1, -0.05) is 0 Å². The number of anilines is 1. The molecule has 0 atom stereocenters. The van der Waals surface area contributed by atoms with Gasteiger partial charge in [-0.3, -0.25) is 19.4 Å². The SMILES string of the molecule is COc1cc(-c2cc(C)c3c(n2)CN(c2ccn(C)n2)C3=O)cnc1OC. The van der Waals surface area contributed by atoms with Crippen LogP contribution in [0.3, 0.4) is 0 Å². The van der Waals surface area contributed by atoms with Crippen LogP contribution >= 0.6 is 0 Å². The molecule has 0 spiro atoms. The highest BCUT2D eigenvalue weighted by Crippen LogP contribution is 2.33. The molecule has 0 N–H and O–H groups in total. The molecule has 0 aromatic carbocycles. The number of fused-ring (bicyclic) bond motifs is 1. The number of methoxy groups -OCH3 is 2. The lowest BCUT2D eigenvalue weighted by Crippen LogP contribution is -2.23. The van der Waals surface area contributed by atoms with Gasteiger partial charge in [0.05, 0.1) is 37.7 Å². The van der Waals surface area contributed by atoms with Crippen LogP contribution in [0.2, 0.25) is 0 Å². The van der Waals surface area contributed by atoms with E-state index in [-0.39, 0.29) is 5.91 Å². The Kier molecular flexibility index (Phi) is 4.02. The Morgan fingerprint density at radius 2 is 2.00 bits per heavy atom. The third-order valence-electron chi connectivity index (χ3n) is 4.56. The number of aromatic nitrogens is 4. The smallest absolute Gasteiger partial charge is 0.262 e. The Hall–Kier alpha value is -3.42. The topological polar surface area (TPSA) is 82.4 Å². The van der Waals surface area contributed by atoms with E-state index in [9.17, 15) is 4.79 Å². The largest absolute Gasteiger partial charge is 0.491 e. The number of nitrogens with zero attached hydrogens (tertiary/aromatic N) is 5. The minimum absolute atomic E-state index is 0.0781. The fourth-order valence-electron chi connectivity index (χ4n) is 3.25. The van der Waals surface area contributed by atoms with Crippen molar-refractivity contribution in [1.82, 2.24) is 19.7 Å². The van der Waals surface area contributed by atoms with Crippen molar-refractivity contribution in [1.29, 1.82) is 0 Å². The average Bonchev–Trinajstić information content (AvgIpc) is 3.24. The van der Waals surface area contributed by atoms with Crippen molar-refractivity contribution in [3.05, 3.63) is 47.4 Å². The minimum Gasteiger partial charge on any atom is -0.491 e. The molecular formula is C19H19N5O3. The standard InChI is InChI=1S/C19H19N5O3/c1-11-7-13(12-8-15(26-3)18(27-4)20-9-12)21-14-10-24(19(25)17(11)14)16-5-6-23(2)22-16/h5-9H,10H2,1-4H3. The van der Waals surface area contributed by atoms with Gasteiger partial charge in [-0.2, -0.15) is 5.10 Å². The van der Waals surface area contributed by atoms with Gasteiger partial charge in [0.25, 0.3) is 11.8 Å². The molecule has 8 heteroatoms. The average molecular weight is 365 g/mol. The first-order valence-corrected chi connectivity index (χ1v) is 8.42. The molecule has 0 bridgehead atoms. The van der Waals surface area contributed by atoms with E-state index < -0.39 is 0 Å². The molecule has 0 fully saturated rings. The van der Waals surface area contributed by atoms with Crippen LogP contribution in [0.15, 0.2) is 30.6 Å². The summed E-state index contributed by atoms with van der Waals surface area (Å²) in [5.41, 5.74) is 3.76. The molecule has 8 nitrogen and oxygen atoms in total.